The molecule has 0 saturated heterocycles. The summed E-state index contributed by atoms with van der Waals surface area (Å²) >= 11 is 3.24. The molecule has 1 aromatic heterocycles. The number of nitro benzene ring substituents is 1. The molecule has 0 saturated carbocycles. The number of nitrogens with zero attached hydrogens (tertiary/aromatic N) is 2. The van der Waals surface area contributed by atoms with Gasteiger partial charge in [-0.2, -0.15) is 0 Å². The maximum absolute atomic E-state index is 11.2. The van der Waals surface area contributed by atoms with Crippen molar-refractivity contribution in [2.24, 2.45) is 5.73 Å². The quantitative estimate of drug-likeness (QED) is 0.666. The fourth-order valence-electron chi connectivity index (χ4n) is 1.85. The molecular formula is C14H14BrN3O3. The van der Waals surface area contributed by atoms with Crippen molar-refractivity contribution in [1.29, 1.82) is 0 Å². The molecule has 0 aliphatic carbocycles. The van der Waals surface area contributed by atoms with Gasteiger partial charge in [0, 0.05) is 34.4 Å². The number of pyridine rings is 1. The summed E-state index contributed by atoms with van der Waals surface area (Å²) in [7, 11) is 0. The number of nitro groups is 1. The molecule has 2 aromatic rings. The lowest BCUT2D eigenvalue weighted by molar-refractivity contribution is -0.385. The van der Waals surface area contributed by atoms with Gasteiger partial charge in [0.15, 0.2) is 0 Å². The summed E-state index contributed by atoms with van der Waals surface area (Å²) in [5.41, 5.74) is 7.18. The van der Waals surface area contributed by atoms with Crippen LogP contribution in [-0.4, -0.2) is 9.91 Å². The Morgan fingerprint density at radius 2 is 2.14 bits per heavy atom. The topological polar surface area (TPSA) is 91.3 Å². The highest BCUT2D eigenvalue weighted by Crippen LogP contribution is 2.36. The van der Waals surface area contributed by atoms with Crippen LogP contribution in [0.5, 0.6) is 11.6 Å². The number of nitrogens with two attached hydrogens (primary N) is 1. The summed E-state index contributed by atoms with van der Waals surface area (Å²) in [4.78, 5) is 14.7. The zero-order valence-corrected chi connectivity index (χ0v) is 13.1. The average Bonchev–Trinajstić information content (AvgIpc) is 2.41. The lowest BCUT2D eigenvalue weighted by atomic mass is 10.1. The predicted molar refractivity (Wildman–Crippen MR) is 82.4 cm³/mol. The molecule has 1 heterocycles. The van der Waals surface area contributed by atoms with E-state index in [1.165, 1.54) is 6.07 Å². The molecule has 1 aromatic carbocycles. The first-order valence-corrected chi connectivity index (χ1v) is 7.01. The van der Waals surface area contributed by atoms with Crippen molar-refractivity contribution in [2.75, 3.05) is 0 Å². The number of benzene rings is 1. The number of aryl methyl sites for hydroxylation is 1. The fraction of sp³-hybridized carbons (Fsp3) is 0.214. The van der Waals surface area contributed by atoms with Crippen molar-refractivity contribution in [3.63, 3.8) is 0 Å². The van der Waals surface area contributed by atoms with Gasteiger partial charge in [0.1, 0.15) is 0 Å². The minimum atomic E-state index is -0.484. The highest BCUT2D eigenvalue weighted by molar-refractivity contribution is 9.10. The monoisotopic (exact) mass is 351 g/mol. The number of hydrogen-bond acceptors (Lipinski definition) is 5. The molecule has 110 valence electrons. The molecule has 0 spiro atoms. The Morgan fingerprint density at radius 1 is 1.43 bits per heavy atom. The van der Waals surface area contributed by atoms with E-state index in [1.54, 1.807) is 31.3 Å². The van der Waals surface area contributed by atoms with Crippen molar-refractivity contribution in [2.45, 2.75) is 19.9 Å². The molecule has 7 heteroatoms. The van der Waals surface area contributed by atoms with Crippen LogP contribution in [0, 0.1) is 17.0 Å². The largest absolute Gasteiger partial charge is 0.432 e. The van der Waals surface area contributed by atoms with Crippen molar-refractivity contribution in [3.8, 4) is 11.6 Å². The third-order valence-electron chi connectivity index (χ3n) is 2.91. The van der Waals surface area contributed by atoms with Crippen molar-refractivity contribution in [3.05, 3.63) is 56.2 Å². The zero-order chi connectivity index (χ0) is 15.6. The summed E-state index contributed by atoms with van der Waals surface area (Å²) < 4.78 is 6.24. The Balaban J connectivity index is 2.44. The minimum absolute atomic E-state index is 0.116. The predicted octanol–water partition coefficient (Wildman–Crippen LogP) is 3.87. The number of rotatable bonds is 4. The molecule has 0 aliphatic heterocycles. The number of aromatic nitrogens is 1. The first kappa shape index (κ1) is 15.4. The van der Waals surface area contributed by atoms with Gasteiger partial charge in [0.2, 0.25) is 11.6 Å². The van der Waals surface area contributed by atoms with E-state index >= 15 is 0 Å². The molecule has 6 nitrogen and oxygen atoms in total. The van der Waals surface area contributed by atoms with Crippen LogP contribution in [0.1, 0.15) is 24.1 Å². The summed E-state index contributed by atoms with van der Waals surface area (Å²) in [5, 5.41) is 11.2. The maximum Gasteiger partial charge on any atom is 0.313 e. The molecule has 1 atom stereocenters. The van der Waals surface area contributed by atoms with Crippen LogP contribution >= 0.6 is 15.9 Å². The second-order valence-electron chi connectivity index (χ2n) is 4.65. The number of hydrogen-bond donors (Lipinski definition) is 1. The lowest BCUT2D eigenvalue weighted by Crippen LogP contribution is -2.05. The maximum atomic E-state index is 11.2. The van der Waals surface area contributed by atoms with Crippen LogP contribution in [0.25, 0.3) is 0 Å². The highest BCUT2D eigenvalue weighted by atomic mass is 79.9. The summed E-state index contributed by atoms with van der Waals surface area (Å²) in [6.07, 6.45) is 1.56. The Hall–Kier alpha value is -1.99. The van der Waals surface area contributed by atoms with Crippen LogP contribution in [0.4, 0.5) is 5.69 Å². The first-order valence-electron chi connectivity index (χ1n) is 6.22. The van der Waals surface area contributed by atoms with Gasteiger partial charge < -0.3 is 10.5 Å². The normalized spacial score (nSPS) is 12.0. The molecule has 0 fully saturated rings. The van der Waals surface area contributed by atoms with Gasteiger partial charge in [-0.05, 0) is 31.5 Å². The van der Waals surface area contributed by atoms with Gasteiger partial charge in [0.25, 0.3) is 0 Å². The SMILES string of the molecule is Cc1cc(Br)cc([N+](=O)[O-])c1Oc1cc([C@@H](C)N)ccn1. The second kappa shape index (κ2) is 6.19. The molecule has 21 heavy (non-hydrogen) atoms. The number of ether oxygens (including phenoxy) is 1. The molecule has 0 amide bonds. The number of halogens is 1. The van der Waals surface area contributed by atoms with Crippen molar-refractivity contribution < 1.29 is 9.66 Å². The van der Waals surface area contributed by atoms with Gasteiger partial charge in [-0.15, -0.1) is 0 Å². The average molecular weight is 352 g/mol. The van der Waals surface area contributed by atoms with E-state index in [0.717, 1.165) is 5.56 Å². The third kappa shape index (κ3) is 3.56. The highest BCUT2D eigenvalue weighted by Gasteiger charge is 2.20. The van der Waals surface area contributed by atoms with Crippen LogP contribution in [-0.2, 0) is 0 Å². The van der Waals surface area contributed by atoms with Crippen LogP contribution in [0.3, 0.4) is 0 Å². The Kier molecular flexibility index (Phi) is 4.54. The van der Waals surface area contributed by atoms with Gasteiger partial charge in [0.05, 0.1) is 4.92 Å². The minimum Gasteiger partial charge on any atom is -0.432 e. The van der Waals surface area contributed by atoms with E-state index < -0.39 is 4.92 Å². The standard InChI is InChI=1S/C14H14BrN3O3/c1-8-5-11(15)7-12(18(19)20)14(8)21-13-6-10(9(2)16)3-4-17-13/h3-7,9H,16H2,1-2H3/t9-/m1/s1. The summed E-state index contributed by atoms with van der Waals surface area (Å²) in [5.74, 6) is 0.454. The van der Waals surface area contributed by atoms with Gasteiger partial charge in [-0.1, -0.05) is 15.9 Å². The Bertz CT molecular complexity index is 689. The molecule has 0 aliphatic rings. The van der Waals surface area contributed by atoms with E-state index in [0.29, 0.717) is 10.0 Å². The molecule has 2 N–H and O–H groups in total. The van der Waals surface area contributed by atoms with Crippen molar-refractivity contribution in [1.82, 2.24) is 4.98 Å². The van der Waals surface area contributed by atoms with Gasteiger partial charge in [-0.25, -0.2) is 4.98 Å². The van der Waals surface area contributed by atoms with Gasteiger partial charge >= 0.3 is 5.69 Å². The van der Waals surface area contributed by atoms with Crippen LogP contribution in [0.2, 0.25) is 0 Å². The smallest absolute Gasteiger partial charge is 0.313 e. The second-order valence-corrected chi connectivity index (χ2v) is 5.56. The van der Waals surface area contributed by atoms with Crippen molar-refractivity contribution >= 4 is 21.6 Å². The van der Waals surface area contributed by atoms with Gasteiger partial charge in [-0.3, -0.25) is 10.1 Å². The lowest BCUT2D eigenvalue weighted by Gasteiger charge is -2.11. The zero-order valence-electron chi connectivity index (χ0n) is 11.5. The molecular weight excluding hydrogens is 338 g/mol. The van der Waals surface area contributed by atoms with E-state index in [1.807, 2.05) is 6.92 Å². The Morgan fingerprint density at radius 3 is 2.76 bits per heavy atom. The van der Waals surface area contributed by atoms with Crippen LogP contribution < -0.4 is 10.5 Å². The van der Waals surface area contributed by atoms with E-state index in [4.69, 9.17) is 10.5 Å². The molecule has 0 radical (unpaired) electrons. The Labute approximate surface area is 130 Å². The fourth-order valence-corrected chi connectivity index (χ4v) is 2.41. The first-order chi connectivity index (χ1) is 9.88. The van der Waals surface area contributed by atoms with Crippen LogP contribution in [0.15, 0.2) is 34.9 Å². The summed E-state index contributed by atoms with van der Waals surface area (Å²) in [6.45, 7) is 3.58. The molecule has 0 bridgehead atoms. The van der Waals surface area contributed by atoms with E-state index in [-0.39, 0.29) is 23.4 Å². The summed E-state index contributed by atoms with van der Waals surface area (Å²) in [6, 6.07) is 6.43. The van der Waals surface area contributed by atoms with E-state index in [9.17, 15) is 10.1 Å². The van der Waals surface area contributed by atoms with E-state index in [2.05, 4.69) is 20.9 Å². The molecule has 0 unspecified atom stereocenters. The molecule has 2 rings (SSSR count). The third-order valence-corrected chi connectivity index (χ3v) is 3.37.